The van der Waals surface area contributed by atoms with Gasteiger partial charge in [0.1, 0.15) is 5.54 Å². The van der Waals surface area contributed by atoms with Crippen LogP contribution in [-0.2, 0) is 4.79 Å². The first-order valence-corrected chi connectivity index (χ1v) is 6.09. The molecule has 0 aromatic carbocycles. The summed E-state index contributed by atoms with van der Waals surface area (Å²) in [7, 11) is 0. The molecule has 6 nitrogen and oxygen atoms in total. The zero-order valence-corrected chi connectivity index (χ0v) is 10.3. The summed E-state index contributed by atoms with van der Waals surface area (Å²) in [6, 6.07) is -0.326. The second-order valence-corrected chi connectivity index (χ2v) is 4.96. The molecule has 0 saturated carbocycles. The number of hydrogen-bond acceptors (Lipinski definition) is 4. The maximum atomic E-state index is 12.2. The van der Waals surface area contributed by atoms with Crippen LogP contribution in [0.4, 0.5) is 4.79 Å². The predicted octanol–water partition coefficient (Wildman–Crippen LogP) is -0.663. The van der Waals surface area contributed by atoms with Gasteiger partial charge in [0.2, 0.25) is 0 Å². The molecule has 0 aromatic heterocycles. The zero-order chi connectivity index (χ0) is 12.5. The summed E-state index contributed by atoms with van der Waals surface area (Å²) in [6.45, 7) is 1.76. The van der Waals surface area contributed by atoms with Crippen molar-refractivity contribution in [3.05, 3.63) is 0 Å². The van der Waals surface area contributed by atoms with E-state index in [2.05, 4.69) is 10.6 Å². The van der Waals surface area contributed by atoms with Gasteiger partial charge in [0.15, 0.2) is 0 Å². The summed E-state index contributed by atoms with van der Waals surface area (Å²) in [5.74, 6) is -0.139. The van der Waals surface area contributed by atoms with Crippen LogP contribution in [0.25, 0.3) is 0 Å². The third-order valence-electron chi connectivity index (χ3n) is 3.28. The van der Waals surface area contributed by atoms with Crippen molar-refractivity contribution in [2.24, 2.45) is 5.73 Å². The number of thiocarbonyl (C=S) groups is 1. The van der Waals surface area contributed by atoms with Gasteiger partial charge in [-0.3, -0.25) is 9.69 Å². The van der Waals surface area contributed by atoms with E-state index in [-0.39, 0.29) is 18.5 Å². The third kappa shape index (κ3) is 2.25. The molecule has 2 heterocycles. The van der Waals surface area contributed by atoms with Crippen molar-refractivity contribution in [2.45, 2.75) is 24.8 Å². The van der Waals surface area contributed by atoms with E-state index in [1.807, 2.05) is 0 Å². The Labute approximate surface area is 105 Å². The minimum Gasteiger partial charge on any atom is -0.393 e. The topological polar surface area (TPSA) is 87.5 Å². The number of urea groups is 1. The lowest BCUT2D eigenvalue weighted by Crippen LogP contribution is -2.53. The van der Waals surface area contributed by atoms with Crippen LogP contribution in [0, 0.1) is 0 Å². The van der Waals surface area contributed by atoms with E-state index in [4.69, 9.17) is 18.0 Å². The smallest absolute Gasteiger partial charge is 0.325 e. The standard InChI is InChI=1S/C10H16N4O2S/c11-7(17)1-6-14-8(15)10(13-9(14)16)2-4-12-5-3-10/h12H,1-6H2,(H2,11,17)(H,13,16). The van der Waals surface area contributed by atoms with Crippen LogP contribution in [0.1, 0.15) is 19.3 Å². The molecule has 2 aliphatic rings. The minimum atomic E-state index is -0.696. The number of carbonyl (C=O) groups excluding carboxylic acids is 2. The Kier molecular flexibility index (Phi) is 3.30. The van der Waals surface area contributed by atoms with Crippen LogP contribution in [0.2, 0.25) is 0 Å². The monoisotopic (exact) mass is 256 g/mol. The van der Waals surface area contributed by atoms with Gasteiger partial charge >= 0.3 is 6.03 Å². The first-order valence-electron chi connectivity index (χ1n) is 5.68. The SMILES string of the molecule is NC(=S)CCN1C(=O)NC2(CCNCC2)C1=O. The van der Waals surface area contributed by atoms with Crippen LogP contribution in [0.3, 0.4) is 0 Å². The molecule has 0 radical (unpaired) electrons. The molecule has 0 atom stereocenters. The number of piperidine rings is 1. The minimum absolute atomic E-state index is 0.139. The van der Waals surface area contributed by atoms with Crippen LogP contribution < -0.4 is 16.4 Å². The van der Waals surface area contributed by atoms with Crippen molar-refractivity contribution < 1.29 is 9.59 Å². The van der Waals surface area contributed by atoms with E-state index < -0.39 is 5.54 Å². The van der Waals surface area contributed by atoms with Gasteiger partial charge in [-0.25, -0.2) is 4.79 Å². The van der Waals surface area contributed by atoms with Crippen LogP contribution in [-0.4, -0.2) is 47.0 Å². The number of carbonyl (C=O) groups is 2. The normalized spacial score (nSPS) is 22.9. The molecule has 17 heavy (non-hydrogen) atoms. The van der Waals surface area contributed by atoms with Gasteiger partial charge in [-0.2, -0.15) is 0 Å². The van der Waals surface area contributed by atoms with E-state index in [0.717, 1.165) is 13.1 Å². The van der Waals surface area contributed by atoms with Gasteiger partial charge in [-0.05, 0) is 25.9 Å². The maximum absolute atomic E-state index is 12.2. The van der Waals surface area contributed by atoms with Gasteiger partial charge in [0.05, 0.1) is 4.99 Å². The highest BCUT2D eigenvalue weighted by Crippen LogP contribution is 2.26. The Balaban J connectivity index is 2.07. The van der Waals surface area contributed by atoms with Gasteiger partial charge in [0, 0.05) is 13.0 Å². The predicted molar refractivity (Wildman–Crippen MR) is 66.5 cm³/mol. The summed E-state index contributed by atoms with van der Waals surface area (Å²) in [5, 5.41) is 5.98. The van der Waals surface area contributed by atoms with E-state index in [9.17, 15) is 9.59 Å². The van der Waals surface area contributed by atoms with Crippen LogP contribution >= 0.6 is 12.2 Å². The van der Waals surface area contributed by atoms with Crippen molar-refractivity contribution in [2.75, 3.05) is 19.6 Å². The van der Waals surface area contributed by atoms with Crippen molar-refractivity contribution >= 4 is 29.1 Å². The highest BCUT2D eigenvalue weighted by atomic mass is 32.1. The molecule has 0 bridgehead atoms. The highest BCUT2D eigenvalue weighted by Gasteiger charge is 2.50. The average molecular weight is 256 g/mol. The number of nitrogens with zero attached hydrogens (tertiary/aromatic N) is 1. The molecule has 2 saturated heterocycles. The molecule has 1 spiro atoms. The van der Waals surface area contributed by atoms with Crippen molar-refractivity contribution in [3.8, 4) is 0 Å². The van der Waals surface area contributed by atoms with Gasteiger partial charge in [0.25, 0.3) is 5.91 Å². The average Bonchev–Trinajstić information content (AvgIpc) is 2.50. The maximum Gasteiger partial charge on any atom is 0.325 e. The lowest BCUT2D eigenvalue weighted by atomic mass is 9.88. The number of nitrogens with one attached hydrogen (secondary N) is 2. The molecule has 7 heteroatoms. The van der Waals surface area contributed by atoms with Crippen molar-refractivity contribution in [1.29, 1.82) is 0 Å². The molecule has 2 rings (SSSR count). The number of hydrogen-bond donors (Lipinski definition) is 3. The Morgan fingerprint density at radius 3 is 2.65 bits per heavy atom. The Morgan fingerprint density at radius 2 is 2.06 bits per heavy atom. The Bertz CT molecular complexity index is 365. The summed E-state index contributed by atoms with van der Waals surface area (Å²) in [6.07, 6.45) is 1.66. The number of amides is 3. The summed E-state index contributed by atoms with van der Waals surface area (Å²) in [4.78, 5) is 25.5. The quantitative estimate of drug-likeness (QED) is 0.461. The molecule has 4 N–H and O–H groups in total. The number of imide groups is 1. The number of nitrogens with two attached hydrogens (primary N) is 1. The largest absolute Gasteiger partial charge is 0.393 e. The highest BCUT2D eigenvalue weighted by molar-refractivity contribution is 7.80. The molecule has 3 amide bonds. The molecule has 94 valence electrons. The van der Waals surface area contributed by atoms with E-state index >= 15 is 0 Å². The zero-order valence-electron chi connectivity index (χ0n) is 9.49. The lowest BCUT2D eigenvalue weighted by molar-refractivity contribution is -0.132. The second kappa shape index (κ2) is 4.58. The summed E-state index contributed by atoms with van der Waals surface area (Å²) in [5.41, 5.74) is 4.69. The summed E-state index contributed by atoms with van der Waals surface area (Å²) >= 11 is 4.75. The molecule has 0 aliphatic carbocycles. The Morgan fingerprint density at radius 1 is 1.41 bits per heavy atom. The molecule has 0 aromatic rings. The first-order chi connectivity index (χ1) is 8.05. The number of rotatable bonds is 3. The third-order valence-corrected chi connectivity index (χ3v) is 3.49. The second-order valence-electron chi connectivity index (χ2n) is 4.44. The summed E-state index contributed by atoms with van der Waals surface area (Å²) < 4.78 is 0. The van der Waals surface area contributed by atoms with Gasteiger partial charge < -0.3 is 16.4 Å². The lowest BCUT2D eigenvalue weighted by Gasteiger charge is -2.31. The van der Waals surface area contributed by atoms with E-state index in [0.29, 0.717) is 24.3 Å². The van der Waals surface area contributed by atoms with Gasteiger partial charge in [-0.1, -0.05) is 12.2 Å². The van der Waals surface area contributed by atoms with E-state index in [1.54, 1.807) is 0 Å². The molecular formula is C10H16N4O2S. The Hall–Kier alpha value is -1.21. The van der Waals surface area contributed by atoms with Crippen LogP contribution in [0.15, 0.2) is 0 Å². The fraction of sp³-hybridized carbons (Fsp3) is 0.700. The van der Waals surface area contributed by atoms with Crippen LogP contribution in [0.5, 0.6) is 0 Å². The molecule has 2 aliphatic heterocycles. The fourth-order valence-corrected chi connectivity index (χ4v) is 2.38. The van der Waals surface area contributed by atoms with Gasteiger partial charge in [-0.15, -0.1) is 0 Å². The van der Waals surface area contributed by atoms with Crippen molar-refractivity contribution in [1.82, 2.24) is 15.5 Å². The van der Waals surface area contributed by atoms with Crippen molar-refractivity contribution in [3.63, 3.8) is 0 Å². The van der Waals surface area contributed by atoms with E-state index in [1.165, 1.54) is 4.90 Å². The molecule has 0 unspecified atom stereocenters. The molecular weight excluding hydrogens is 240 g/mol. The fourth-order valence-electron chi connectivity index (χ4n) is 2.29. The first kappa shape index (κ1) is 12.3. The molecule has 2 fully saturated rings.